The number of amides is 4. The Hall–Kier alpha value is -4.29. The van der Waals surface area contributed by atoms with E-state index in [1.54, 1.807) is 35.1 Å². The van der Waals surface area contributed by atoms with Crippen LogP contribution in [0.15, 0.2) is 36.5 Å². The number of aldehydes is 1. The molecular formula is C27H37N7O6. The predicted molar refractivity (Wildman–Crippen MR) is 144 cm³/mol. The normalized spacial score (nSPS) is 21.4. The van der Waals surface area contributed by atoms with Crippen molar-refractivity contribution in [1.82, 2.24) is 35.8 Å². The van der Waals surface area contributed by atoms with Gasteiger partial charge < -0.3 is 25.9 Å². The number of carboxylic acid groups (broad SMARTS) is 1. The van der Waals surface area contributed by atoms with Crippen LogP contribution in [0.5, 0.6) is 0 Å². The van der Waals surface area contributed by atoms with E-state index in [4.69, 9.17) is 0 Å². The quantitative estimate of drug-likeness (QED) is 0.380. The van der Waals surface area contributed by atoms with Gasteiger partial charge in [-0.15, -0.1) is 5.10 Å². The Morgan fingerprint density at radius 3 is 2.60 bits per heavy atom. The molecule has 4 amide bonds. The van der Waals surface area contributed by atoms with E-state index in [1.165, 1.54) is 0 Å². The van der Waals surface area contributed by atoms with Gasteiger partial charge in [-0.25, -0.2) is 4.79 Å². The molecule has 1 aliphatic rings. The number of hydrogen-bond acceptors (Lipinski definition) is 7. The summed E-state index contributed by atoms with van der Waals surface area (Å²) in [5, 5.41) is 26.5. The van der Waals surface area contributed by atoms with Crippen LogP contribution in [0, 0.1) is 5.92 Å². The van der Waals surface area contributed by atoms with Crippen LogP contribution >= 0.6 is 0 Å². The Morgan fingerprint density at radius 2 is 1.93 bits per heavy atom. The molecule has 2 aromatic rings. The van der Waals surface area contributed by atoms with Crippen molar-refractivity contribution in [2.24, 2.45) is 5.92 Å². The van der Waals surface area contributed by atoms with Crippen molar-refractivity contribution in [2.45, 2.75) is 77.2 Å². The summed E-state index contributed by atoms with van der Waals surface area (Å²) in [6.45, 7) is 4.51. The first-order valence-electron chi connectivity index (χ1n) is 13.4. The van der Waals surface area contributed by atoms with Crippen molar-refractivity contribution >= 4 is 30.1 Å². The molecule has 0 saturated heterocycles. The molecule has 0 aliphatic carbocycles. The number of benzene rings is 1. The van der Waals surface area contributed by atoms with Crippen LogP contribution in [0.3, 0.4) is 0 Å². The molecule has 0 fully saturated rings. The highest BCUT2D eigenvalue weighted by Gasteiger charge is 2.34. The van der Waals surface area contributed by atoms with E-state index in [0.29, 0.717) is 37.1 Å². The summed E-state index contributed by atoms with van der Waals surface area (Å²) in [5.74, 6) is -1.51. The molecule has 3 rings (SSSR count). The average Bonchev–Trinajstić information content (AvgIpc) is 3.37. The van der Waals surface area contributed by atoms with Crippen molar-refractivity contribution in [3.8, 4) is 0 Å². The summed E-state index contributed by atoms with van der Waals surface area (Å²) in [7, 11) is 0. The monoisotopic (exact) mass is 555 g/mol. The number of rotatable bonds is 6. The van der Waals surface area contributed by atoms with Gasteiger partial charge in [0.1, 0.15) is 18.4 Å². The maximum Gasteiger partial charge on any atom is 0.408 e. The molecule has 1 aliphatic heterocycles. The Bertz CT molecular complexity index is 1170. The minimum Gasteiger partial charge on any atom is -0.465 e. The van der Waals surface area contributed by atoms with Crippen molar-refractivity contribution in [3.05, 3.63) is 47.8 Å². The third-order valence-corrected chi connectivity index (χ3v) is 6.51. The molecule has 0 saturated carbocycles. The van der Waals surface area contributed by atoms with Gasteiger partial charge in [-0.05, 0) is 30.7 Å². The first-order valence-corrected chi connectivity index (χ1v) is 13.4. The summed E-state index contributed by atoms with van der Waals surface area (Å²) >= 11 is 0. The molecule has 3 atom stereocenters. The third kappa shape index (κ3) is 9.17. The lowest BCUT2D eigenvalue weighted by molar-refractivity contribution is -0.133. The minimum absolute atomic E-state index is 0.00684. The average molecular weight is 556 g/mol. The topological polar surface area (TPSA) is 176 Å². The number of nitrogens with one attached hydrogen (secondary N) is 3. The summed E-state index contributed by atoms with van der Waals surface area (Å²) < 4.78 is 1.57. The lowest BCUT2D eigenvalue weighted by Crippen LogP contribution is -2.56. The second-order valence-electron chi connectivity index (χ2n) is 10.3. The predicted octanol–water partition coefficient (Wildman–Crippen LogP) is 0.884. The molecule has 0 spiro atoms. The Morgan fingerprint density at radius 1 is 1.18 bits per heavy atom. The van der Waals surface area contributed by atoms with Gasteiger partial charge in [0.15, 0.2) is 0 Å². The summed E-state index contributed by atoms with van der Waals surface area (Å²) in [6, 6.07) is 5.72. The van der Waals surface area contributed by atoms with Gasteiger partial charge in [-0.1, -0.05) is 49.4 Å². The van der Waals surface area contributed by atoms with Crippen molar-refractivity contribution in [1.29, 1.82) is 0 Å². The smallest absolute Gasteiger partial charge is 0.408 e. The van der Waals surface area contributed by atoms with E-state index >= 15 is 0 Å². The lowest BCUT2D eigenvalue weighted by Gasteiger charge is -2.30. The molecule has 4 N–H and O–H groups in total. The maximum atomic E-state index is 13.7. The number of carbonyl (C=O) groups excluding carboxylic acids is 4. The van der Waals surface area contributed by atoms with E-state index in [2.05, 4.69) is 26.3 Å². The molecule has 13 nitrogen and oxygen atoms in total. The van der Waals surface area contributed by atoms with Gasteiger partial charge in [-0.3, -0.25) is 24.0 Å². The zero-order valence-corrected chi connectivity index (χ0v) is 22.8. The number of carbonyl (C=O) groups is 5. The summed E-state index contributed by atoms with van der Waals surface area (Å²) in [6.07, 6.45) is 1.76. The Labute approximate surface area is 232 Å². The maximum absolute atomic E-state index is 13.7. The standard InChI is InChI=1S/C27H37N7O6/c1-18(2)13-22-25(37)29-20(17-35)9-10-24(36)28-11-6-12-33-16-21(31-32-33)14-23(26(38)30-22)34(27(39)40)15-19-7-4-3-5-8-19/h3-5,7-8,16-18,20,22-23H,6,9-15H2,1-2H3,(H,28,36)(H,29,37)(H,30,38)(H,39,40). The van der Waals surface area contributed by atoms with Crippen LogP contribution in [-0.2, 0) is 38.7 Å². The van der Waals surface area contributed by atoms with Gasteiger partial charge in [-0.2, -0.15) is 0 Å². The Kier molecular flexibility index (Phi) is 11.2. The van der Waals surface area contributed by atoms with Crippen LogP contribution < -0.4 is 16.0 Å². The van der Waals surface area contributed by atoms with Crippen LogP contribution in [0.1, 0.15) is 50.8 Å². The highest BCUT2D eigenvalue weighted by atomic mass is 16.4. The number of aryl methyl sites for hydroxylation is 1. The van der Waals surface area contributed by atoms with E-state index in [1.807, 2.05) is 19.9 Å². The van der Waals surface area contributed by atoms with Gasteiger partial charge in [0.25, 0.3) is 0 Å². The van der Waals surface area contributed by atoms with E-state index in [9.17, 15) is 29.1 Å². The largest absolute Gasteiger partial charge is 0.465 e. The molecule has 3 unspecified atom stereocenters. The van der Waals surface area contributed by atoms with E-state index in [-0.39, 0.29) is 44.1 Å². The fourth-order valence-electron chi connectivity index (χ4n) is 4.45. The van der Waals surface area contributed by atoms with Crippen LogP contribution in [-0.4, -0.2) is 79.8 Å². The fraction of sp³-hybridized carbons (Fsp3) is 0.519. The summed E-state index contributed by atoms with van der Waals surface area (Å²) in [4.78, 5) is 64.2. The molecule has 1 aromatic carbocycles. The van der Waals surface area contributed by atoms with Crippen molar-refractivity contribution in [3.63, 3.8) is 0 Å². The van der Waals surface area contributed by atoms with Crippen molar-refractivity contribution < 1.29 is 29.1 Å². The third-order valence-electron chi connectivity index (χ3n) is 6.51. The van der Waals surface area contributed by atoms with Crippen LogP contribution in [0.2, 0.25) is 0 Å². The molecule has 0 radical (unpaired) electrons. The number of nitrogens with zero attached hydrogens (tertiary/aromatic N) is 4. The summed E-state index contributed by atoms with van der Waals surface area (Å²) in [5.41, 5.74) is 1.09. The molecule has 1 aromatic heterocycles. The lowest BCUT2D eigenvalue weighted by atomic mass is 10.0. The molecule has 2 heterocycles. The van der Waals surface area contributed by atoms with Crippen LogP contribution in [0.4, 0.5) is 4.79 Å². The van der Waals surface area contributed by atoms with Gasteiger partial charge >= 0.3 is 6.09 Å². The highest BCUT2D eigenvalue weighted by molar-refractivity contribution is 5.92. The first kappa shape index (κ1) is 30.3. The molecular weight excluding hydrogens is 518 g/mol. The number of fused-ring (bicyclic) bond motifs is 2. The van der Waals surface area contributed by atoms with Gasteiger partial charge in [0.05, 0.1) is 11.7 Å². The van der Waals surface area contributed by atoms with E-state index in [0.717, 1.165) is 4.90 Å². The zero-order chi connectivity index (χ0) is 29.1. The molecule has 13 heteroatoms. The van der Waals surface area contributed by atoms with Gasteiger partial charge in [0, 0.05) is 38.7 Å². The molecule has 216 valence electrons. The number of aromatic nitrogens is 3. The Balaban J connectivity index is 1.95. The SMILES string of the molecule is CC(C)CC1NC(=O)C(N(Cc2ccccc2)C(=O)O)Cc2cn(nn2)CCCNC(=O)CCC(C=O)NC1=O. The number of hydrogen-bond donors (Lipinski definition) is 4. The van der Waals surface area contributed by atoms with Crippen LogP contribution in [0.25, 0.3) is 0 Å². The van der Waals surface area contributed by atoms with Gasteiger partial charge in [0.2, 0.25) is 17.7 Å². The first-order chi connectivity index (χ1) is 19.2. The molecule has 2 bridgehead atoms. The zero-order valence-electron chi connectivity index (χ0n) is 22.8. The minimum atomic E-state index is -1.31. The fourth-order valence-corrected chi connectivity index (χ4v) is 4.45. The molecule has 40 heavy (non-hydrogen) atoms. The van der Waals surface area contributed by atoms with Crippen molar-refractivity contribution in [2.75, 3.05) is 6.54 Å². The second kappa shape index (κ2) is 14.8. The van der Waals surface area contributed by atoms with E-state index < -0.39 is 36.0 Å². The second-order valence-corrected chi connectivity index (χ2v) is 10.3. The highest BCUT2D eigenvalue weighted by Crippen LogP contribution is 2.15.